The highest BCUT2D eigenvalue weighted by Crippen LogP contribution is 2.17. The lowest BCUT2D eigenvalue weighted by atomic mass is 10.2. The van der Waals surface area contributed by atoms with Gasteiger partial charge in [0.15, 0.2) is 5.82 Å². The van der Waals surface area contributed by atoms with E-state index in [2.05, 4.69) is 22.4 Å². The van der Waals surface area contributed by atoms with Gasteiger partial charge in [0.25, 0.3) is 0 Å². The van der Waals surface area contributed by atoms with Crippen LogP contribution in [-0.2, 0) is 6.54 Å². The topological polar surface area (TPSA) is 64.1 Å². The van der Waals surface area contributed by atoms with Crippen molar-refractivity contribution < 1.29 is 8.94 Å². The first-order chi connectivity index (χ1) is 7.79. The molecule has 0 aliphatic carbocycles. The molecule has 86 valence electrons. The Balaban J connectivity index is 1.93. The zero-order valence-corrected chi connectivity index (χ0v) is 9.43. The van der Waals surface area contributed by atoms with Gasteiger partial charge >= 0.3 is 0 Å². The van der Waals surface area contributed by atoms with Gasteiger partial charge in [-0.3, -0.25) is 5.32 Å². The highest BCUT2D eigenvalue weighted by Gasteiger charge is 2.12. The number of rotatable bonds is 5. The van der Waals surface area contributed by atoms with Gasteiger partial charge in [0.2, 0.25) is 5.89 Å². The van der Waals surface area contributed by atoms with Crippen molar-refractivity contribution in [3.63, 3.8) is 0 Å². The molecule has 0 fully saturated rings. The van der Waals surface area contributed by atoms with Gasteiger partial charge < -0.3 is 8.94 Å². The fraction of sp³-hybridized carbons (Fsp3) is 0.455. The molecule has 0 aliphatic heterocycles. The third-order valence-electron chi connectivity index (χ3n) is 2.36. The van der Waals surface area contributed by atoms with Crippen molar-refractivity contribution in [3.8, 4) is 0 Å². The lowest BCUT2D eigenvalue weighted by Crippen LogP contribution is -2.19. The number of hydrogen-bond donors (Lipinski definition) is 1. The van der Waals surface area contributed by atoms with E-state index in [1.807, 2.05) is 12.1 Å². The largest absolute Gasteiger partial charge is 0.468 e. The van der Waals surface area contributed by atoms with Crippen molar-refractivity contribution in [2.45, 2.75) is 32.9 Å². The summed E-state index contributed by atoms with van der Waals surface area (Å²) in [5.74, 6) is 2.18. The predicted molar refractivity (Wildman–Crippen MR) is 57.6 cm³/mol. The third kappa shape index (κ3) is 2.49. The molecule has 5 nitrogen and oxygen atoms in total. The van der Waals surface area contributed by atoms with E-state index in [1.54, 1.807) is 13.2 Å². The second kappa shape index (κ2) is 4.94. The Morgan fingerprint density at radius 3 is 2.94 bits per heavy atom. The molecular formula is C11H15N3O2. The van der Waals surface area contributed by atoms with E-state index in [4.69, 9.17) is 8.94 Å². The molecule has 0 amide bonds. The van der Waals surface area contributed by atoms with Crippen LogP contribution in [0.5, 0.6) is 0 Å². The zero-order chi connectivity index (χ0) is 11.4. The summed E-state index contributed by atoms with van der Waals surface area (Å²) in [4.78, 5) is 4.13. The minimum Gasteiger partial charge on any atom is -0.468 e. The van der Waals surface area contributed by atoms with Gasteiger partial charge in [0.05, 0.1) is 18.8 Å². The maximum absolute atomic E-state index is 5.35. The van der Waals surface area contributed by atoms with Gasteiger partial charge in [-0.25, -0.2) is 0 Å². The second-order valence-electron chi connectivity index (χ2n) is 3.59. The average Bonchev–Trinajstić information content (AvgIpc) is 2.91. The fourth-order valence-electron chi connectivity index (χ4n) is 1.56. The summed E-state index contributed by atoms with van der Waals surface area (Å²) in [5, 5.41) is 7.05. The molecule has 0 saturated heterocycles. The van der Waals surface area contributed by atoms with Gasteiger partial charge in [-0.15, -0.1) is 0 Å². The number of aryl methyl sites for hydroxylation is 1. The molecule has 0 radical (unpaired) electrons. The Morgan fingerprint density at radius 2 is 2.38 bits per heavy atom. The summed E-state index contributed by atoms with van der Waals surface area (Å²) < 4.78 is 10.4. The monoisotopic (exact) mass is 221 g/mol. The highest BCUT2D eigenvalue weighted by atomic mass is 16.5. The van der Waals surface area contributed by atoms with Crippen LogP contribution in [0, 0.1) is 6.92 Å². The van der Waals surface area contributed by atoms with Crippen LogP contribution in [0.4, 0.5) is 0 Å². The van der Waals surface area contributed by atoms with Crippen molar-refractivity contribution in [2.75, 3.05) is 0 Å². The van der Waals surface area contributed by atoms with Crippen molar-refractivity contribution in [1.29, 1.82) is 0 Å². The molecule has 0 aliphatic rings. The molecule has 2 heterocycles. The highest BCUT2D eigenvalue weighted by molar-refractivity contribution is 5.04. The van der Waals surface area contributed by atoms with Crippen LogP contribution in [0.15, 0.2) is 27.3 Å². The van der Waals surface area contributed by atoms with Crippen LogP contribution in [0.2, 0.25) is 0 Å². The molecule has 0 spiro atoms. The SMILES string of the molecule is CCC(NCc1nc(C)no1)c1ccco1. The van der Waals surface area contributed by atoms with E-state index in [-0.39, 0.29) is 6.04 Å². The molecule has 0 aromatic carbocycles. The molecule has 2 aromatic heterocycles. The van der Waals surface area contributed by atoms with Gasteiger partial charge in [0.1, 0.15) is 5.76 Å². The Bertz CT molecular complexity index is 422. The minimum absolute atomic E-state index is 0.183. The summed E-state index contributed by atoms with van der Waals surface area (Å²) >= 11 is 0. The van der Waals surface area contributed by atoms with Crippen molar-refractivity contribution in [1.82, 2.24) is 15.5 Å². The summed E-state index contributed by atoms with van der Waals surface area (Å²) in [5.41, 5.74) is 0. The molecule has 1 unspecified atom stereocenters. The van der Waals surface area contributed by atoms with Crippen LogP contribution in [0.25, 0.3) is 0 Å². The number of aromatic nitrogens is 2. The van der Waals surface area contributed by atoms with E-state index >= 15 is 0 Å². The van der Waals surface area contributed by atoms with Crippen LogP contribution >= 0.6 is 0 Å². The summed E-state index contributed by atoms with van der Waals surface area (Å²) in [6, 6.07) is 4.03. The lowest BCUT2D eigenvalue weighted by Gasteiger charge is -2.12. The summed E-state index contributed by atoms with van der Waals surface area (Å²) in [7, 11) is 0. The number of furan rings is 1. The Hall–Kier alpha value is -1.62. The summed E-state index contributed by atoms with van der Waals surface area (Å²) in [6.45, 7) is 4.45. The van der Waals surface area contributed by atoms with Gasteiger partial charge in [-0.1, -0.05) is 12.1 Å². The molecule has 2 aromatic rings. The van der Waals surface area contributed by atoms with Crippen molar-refractivity contribution >= 4 is 0 Å². The quantitative estimate of drug-likeness (QED) is 0.838. The van der Waals surface area contributed by atoms with Crippen LogP contribution in [-0.4, -0.2) is 10.1 Å². The third-order valence-corrected chi connectivity index (χ3v) is 2.36. The normalized spacial score (nSPS) is 12.9. The lowest BCUT2D eigenvalue weighted by molar-refractivity contribution is 0.339. The van der Waals surface area contributed by atoms with E-state index in [0.29, 0.717) is 18.3 Å². The molecule has 5 heteroatoms. The maximum atomic E-state index is 5.35. The summed E-state index contributed by atoms with van der Waals surface area (Å²) in [6.07, 6.45) is 2.62. The van der Waals surface area contributed by atoms with Crippen molar-refractivity contribution in [3.05, 3.63) is 35.9 Å². The Kier molecular flexibility index (Phi) is 3.36. The van der Waals surface area contributed by atoms with E-state index in [0.717, 1.165) is 12.2 Å². The molecule has 0 saturated carbocycles. The van der Waals surface area contributed by atoms with E-state index in [9.17, 15) is 0 Å². The number of nitrogens with zero attached hydrogens (tertiary/aromatic N) is 2. The standard InChI is InChI=1S/C11H15N3O2/c1-3-9(10-5-4-6-15-10)12-7-11-13-8(2)14-16-11/h4-6,9,12H,3,7H2,1-2H3. The van der Waals surface area contributed by atoms with Crippen LogP contribution in [0.1, 0.15) is 36.9 Å². The molecule has 1 N–H and O–H groups in total. The van der Waals surface area contributed by atoms with Gasteiger partial charge in [-0.05, 0) is 25.5 Å². The minimum atomic E-state index is 0.183. The first kappa shape index (κ1) is 10.9. The van der Waals surface area contributed by atoms with Gasteiger partial charge in [-0.2, -0.15) is 4.98 Å². The van der Waals surface area contributed by atoms with Crippen LogP contribution in [0.3, 0.4) is 0 Å². The number of hydrogen-bond acceptors (Lipinski definition) is 5. The Morgan fingerprint density at radius 1 is 1.50 bits per heavy atom. The first-order valence-corrected chi connectivity index (χ1v) is 5.35. The van der Waals surface area contributed by atoms with Crippen molar-refractivity contribution in [2.24, 2.45) is 0 Å². The smallest absolute Gasteiger partial charge is 0.240 e. The number of nitrogens with one attached hydrogen (secondary N) is 1. The molecule has 2 rings (SSSR count). The first-order valence-electron chi connectivity index (χ1n) is 5.35. The second-order valence-corrected chi connectivity index (χ2v) is 3.59. The zero-order valence-electron chi connectivity index (χ0n) is 9.43. The maximum Gasteiger partial charge on any atom is 0.240 e. The van der Waals surface area contributed by atoms with Crippen LogP contribution < -0.4 is 5.32 Å². The molecular weight excluding hydrogens is 206 g/mol. The Labute approximate surface area is 93.8 Å². The van der Waals surface area contributed by atoms with E-state index in [1.165, 1.54) is 0 Å². The predicted octanol–water partition coefficient (Wildman–Crippen LogP) is 2.21. The molecule has 16 heavy (non-hydrogen) atoms. The van der Waals surface area contributed by atoms with Gasteiger partial charge in [0, 0.05) is 0 Å². The fourth-order valence-corrected chi connectivity index (χ4v) is 1.56. The average molecular weight is 221 g/mol. The van der Waals surface area contributed by atoms with E-state index < -0.39 is 0 Å². The molecule has 0 bridgehead atoms. The molecule has 1 atom stereocenters.